The Hall–Kier alpha value is -2.82. The number of nitrogens with zero attached hydrogens (tertiary/aromatic N) is 2. The predicted octanol–water partition coefficient (Wildman–Crippen LogP) is 6.78. The molecule has 31 heavy (non-hydrogen) atoms. The Kier molecular flexibility index (Phi) is 6.30. The minimum absolute atomic E-state index is 0.0472. The molecule has 0 spiro atoms. The Labute approximate surface area is 199 Å². The molecule has 0 unspecified atom stereocenters. The van der Waals surface area contributed by atoms with E-state index in [4.69, 9.17) is 11.6 Å². The Morgan fingerprint density at radius 2 is 1.97 bits per heavy atom. The Bertz CT molecular complexity index is 1320. The maximum absolute atomic E-state index is 12.5. The summed E-state index contributed by atoms with van der Waals surface area (Å²) in [6.07, 6.45) is 2.83. The van der Waals surface area contributed by atoms with E-state index in [1.165, 1.54) is 24.3 Å². The van der Waals surface area contributed by atoms with Crippen LogP contribution in [0.5, 0.6) is 0 Å². The lowest BCUT2D eigenvalue weighted by molar-refractivity contribution is -0.384. The van der Waals surface area contributed by atoms with Crippen LogP contribution in [-0.4, -0.2) is 15.8 Å². The number of nitro groups is 1. The van der Waals surface area contributed by atoms with Crippen molar-refractivity contribution in [1.82, 2.24) is 4.98 Å². The molecule has 0 bridgehead atoms. The van der Waals surface area contributed by atoms with Gasteiger partial charge in [0.15, 0.2) is 0 Å². The van der Waals surface area contributed by atoms with E-state index >= 15 is 0 Å². The van der Waals surface area contributed by atoms with Crippen molar-refractivity contribution in [3.8, 4) is 10.6 Å². The highest BCUT2D eigenvalue weighted by atomic mass is 127. The number of anilines is 1. The first kappa shape index (κ1) is 21.4. The number of aromatic nitrogens is 1. The smallest absolute Gasteiger partial charge is 0.288 e. The molecule has 9 heteroatoms. The molecule has 0 saturated carbocycles. The number of nitro benzene ring substituents is 1. The van der Waals surface area contributed by atoms with Crippen LogP contribution in [0.4, 0.5) is 11.4 Å². The lowest BCUT2D eigenvalue weighted by atomic mass is 10.1. The fourth-order valence-corrected chi connectivity index (χ4v) is 4.58. The molecule has 1 heterocycles. The standard InChI is InChI=1S/C22H13ClIN3O3S/c23-16-8-5-13(11-19(16)27(29)30)6-10-21(28)25-17-9-7-14(24)12-15(17)22-26-18-3-1-2-4-20(18)31-22/h1-12H,(H,25,28). The van der Waals surface area contributed by atoms with Gasteiger partial charge in [0.25, 0.3) is 5.69 Å². The molecular formula is C22H13ClIN3O3S. The molecule has 1 amide bonds. The maximum atomic E-state index is 12.5. The van der Waals surface area contributed by atoms with Crippen LogP contribution in [0.2, 0.25) is 5.02 Å². The van der Waals surface area contributed by atoms with Gasteiger partial charge < -0.3 is 5.32 Å². The van der Waals surface area contributed by atoms with Crippen LogP contribution in [0.15, 0.2) is 66.7 Å². The highest BCUT2D eigenvalue weighted by molar-refractivity contribution is 14.1. The number of carbonyl (C=O) groups excluding carboxylic acids is 1. The van der Waals surface area contributed by atoms with Crippen LogP contribution in [0.3, 0.4) is 0 Å². The SMILES string of the molecule is O=C(C=Cc1ccc(Cl)c([N+](=O)[O-])c1)Nc1ccc(I)cc1-c1nc2ccccc2s1. The first-order chi connectivity index (χ1) is 14.9. The van der Waals surface area contributed by atoms with Gasteiger partial charge in [0, 0.05) is 21.3 Å². The average molecular weight is 562 g/mol. The molecule has 0 fully saturated rings. The van der Waals surface area contributed by atoms with E-state index in [9.17, 15) is 14.9 Å². The molecule has 4 rings (SSSR count). The molecule has 0 aliphatic rings. The molecule has 3 aromatic carbocycles. The summed E-state index contributed by atoms with van der Waals surface area (Å²) in [7, 11) is 0. The average Bonchev–Trinajstić information content (AvgIpc) is 3.18. The first-order valence-electron chi connectivity index (χ1n) is 8.99. The summed E-state index contributed by atoms with van der Waals surface area (Å²) in [6.45, 7) is 0. The third-order valence-electron chi connectivity index (χ3n) is 4.36. The van der Waals surface area contributed by atoms with Gasteiger partial charge >= 0.3 is 0 Å². The van der Waals surface area contributed by atoms with Crippen molar-refractivity contribution >= 4 is 79.1 Å². The Morgan fingerprint density at radius 3 is 2.74 bits per heavy atom. The van der Waals surface area contributed by atoms with Gasteiger partial charge in [0.2, 0.25) is 5.91 Å². The lowest BCUT2D eigenvalue weighted by Crippen LogP contribution is -2.09. The molecule has 0 aliphatic carbocycles. The highest BCUT2D eigenvalue weighted by Gasteiger charge is 2.14. The molecule has 0 aliphatic heterocycles. The van der Waals surface area contributed by atoms with E-state index in [0.29, 0.717) is 11.3 Å². The highest BCUT2D eigenvalue weighted by Crippen LogP contribution is 2.35. The molecule has 6 nitrogen and oxygen atoms in total. The van der Waals surface area contributed by atoms with Crippen molar-refractivity contribution in [3.63, 3.8) is 0 Å². The number of carbonyl (C=O) groups is 1. The van der Waals surface area contributed by atoms with E-state index < -0.39 is 4.92 Å². The minimum Gasteiger partial charge on any atom is -0.322 e. The van der Waals surface area contributed by atoms with Gasteiger partial charge in [-0.15, -0.1) is 11.3 Å². The van der Waals surface area contributed by atoms with Crippen molar-refractivity contribution in [2.24, 2.45) is 0 Å². The molecule has 0 atom stereocenters. The number of halogens is 2. The van der Waals surface area contributed by atoms with Crippen LogP contribution < -0.4 is 5.32 Å². The van der Waals surface area contributed by atoms with E-state index in [-0.39, 0.29) is 16.6 Å². The van der Waals surface area contributed by atoms with Gasteiger partial charge in [0.1, 0.15) is 10.0 Å². The zero-order chi connectivity index (χ0) is 22.0. The molecule has 154 valence electrons. The zero-order valence-electron chi connectivity index (χ0n) is 15.7. The van der Waals surface area contributed by atoms with Crippen LogP contribution in [0.1, 0.15) is 5.56 Å². The van der Waals surface area contributed by atoms with Gasteiger partial charge in [-0.05, 0) is 70.6 Å². The monoisotopic (exact) mass is 561 g/mol. The van der Waals surface area contributed by atoms with Crippen LogP contribution in [-0.2, 0) is 4.79 Å². The topological polar surface area (TPSA) is 85.1 Å². The molecule has 0 saturated heterocycles. The number of rotatable bonds is 5. The first-order valence-corrected chi connectivity index (χ1v) is 11.3. The summed E-state index contributed by atoms with van der Waals surface area (Å²) in [6, 6.07) is 17.9. The third-order valence-corrected chi connectivity index (χ3v) is 6.42. The molecule has 1 aromatic heterocycles. The second-order valence-corrected chi connectivity index (χ2v) is 9.15. The van der Waals surface area contributed by atoms with Crippen LogP contribution >= 0.6 is 45.5 Å². The third kappa shape index (κ3) is 4.92. The fourth-order valence-electron chi connectivity index (χ4n) is 2.91. The van der Waals surface area contributed by atoms with Crippen molar-refractivity contribution in [3.05, 3.63) is 91.0 Å². The lowest BCUT2D eigenvalue weighted by Gasteiger charge is -2.08. The number of benzene rings is 3. The van der Waals surface area contributed by atoms with E-state index in [0.717, 1.165) is 24.4 Å². The van der Waals surface area contributed by atoms with Crippen molar-refractivity contribution < 1.29 is 9.72 Å². The summed E-state index contributed by atoms with van der Waals surface area (Å²) >= 11 is 9.60. The van der Waals surface area contributed by atoms with Crippen LogP contribution in [0.25, 0.3) is 26.9 Å². The minimum atomic E-state index is -0.560. The largest absolute Gasteiger partial charge is 0.322 e. The summed E-state index contributed by atoms with van der Waals surface area (Å²) in [4.78, 5) is 27.7. The van der Waals surface area contributed by atoms with Gasteiger partial charge in [-0.25, -0.2) is 4.98 Å². The second kappa shape index (κ2) is 9.13. The molecule has 4 aromatic rings. The second-order valence-electron chi connectivity index (χ2n) is 6.47. The van der Waals surface area contributed by atoms with Crippen molar-refractivity contribution in [1.29, 1.82) is 0 Å². The maximum Gasteiger partial charge on any atom is 0.288 e. The zero-order valence-corrected chi connectivity index (χ0v) is 19.4. The number of nitrogens with one attached hydrogen (secondary N) is 1. The van der Waals surface area contributed by atoms with E-state index in [1.807, 2.05) is 42.5 Å². The number of thiazole rings is 1. The molecule has 1 N–H and O–H groups in total. The fraction of sp³-hybridized carbons (Fsp3) is 0. The van der Waals surface area contributed by atoms with Crippen LogP contribution in [0, 0.1) is 13.7 Å². The van der Waals surface area contributed by atoms with Crippen molar-refractivity contribution in [2.75, 3.05) is 5.32 Å². The predicted molar refractivity (Wildman–Crippen MR) is 134 cm³/mol. The summed E-state index contributed by atoms with van der Waals surface area (Å²) in [5.41, 5.74) is 2.66. The number of amides is 1. The summed E-state index contributed by atoms with van der Waals surface area (Å²) in [5, 5.41) is 14.8. The Morgan fingerprint density at radius 1 is 1.16 bits per heavy atom. The van der Waals surface area contributed by atoms with Crippen molar-refractivity contribution in [2.45, 2.75) is 0 Å². The Balaban J connectivity index is 1.60. The molecule has 0 radical (unpaired) electrons. The van der Waals surface area contributed by atoms with E-state index in [2.05, 4.69) is 32.9 Å². The normalized spacial score (nSPS) is 11.2. The number of fused-ring (bicyclic) bond motifs is 1. The van der Waals surface area contributed by atoms with Gasteiger partial charge in [-0.1, -0.05) is 29.8 Å². The van der Waals surface area contributed by atoms with Gasteiger partial charge in [-0.3, -0.25) is 14.9 Å². The number of para-hydroxylation sites is 1. The molecular weight excluding hydrogens is 549 g/mol. The number of hydrogen-bond donors (Lipinski definition) is 1. The summed E-state index contributed by atoms with van der Waals surface area (Å²) in [5.74, 6) is -0.360. The quantitative estimate of drug-likeness (QED) is 0.126. The summed E-state index contributed by atoms with van der Waals surface area (Å²) < 4.78 is 2.09. The number of hydrogen-bond acceptors (Lipinski definition) is 5. The van der Waals surface area contributed by atoms with Gasteiger partial charge in [-0.2, -0.15) is 0 Å². The van der Waals surface area contributed by atoms with E-state index in [1.54, 1.807) is 17.4 Å². The van der Waals surface area contributed by atoms with Gasteiger partial charge in [0.05, 0.1) is 20.8 Å².